The number of nitrogens with zero attached hydrogens (tertiary/aromatic N) is 2. The molecule has 0 spiro atoms. The van der Waals surface area contributed by atoms with E-state index in [0.29, 0.717) is 13.0 Å². The molecule has 0 unspecified atom stereocenters. The first-order valence-corrected chi connectivity index (χ1v) is 6.48. The van der Waals surface area contributed by atoms with Gasteiger partial charge in [0, 0.05) is 39.1 Å². The summed E-state index contributed by atoms with van der Waals surface area (Å²) < 4.78 is 5.14. The summed E-state index contributed by atoms with van der Waals surface area (Å²) in [5.41, 5.74) is 0. The SMILES string of the molecule is O=CN1CCN(CCC(=O)NCc2ccco2)CC1. The van der Waals surface area contributed by atoms with Gasteiger partial charge in [-0.05, 0) is 12.1 Å². The van der Waals surface area contributed by atoms with Crippen molar-refractivity contribution < 1.29 is 14.0 Å². The van der Waals surface area contributed by atoms with E-state index in [4.69, 9.17) is 4.42 Å². The highest BCUT2D eigenvalue weighted by Crippen LogP contribution is 2.01. The highest BCUT2D eigenvalue weighted by molar-refractivity contribution is 5.75. The lowest BCUT2D eigenvalue weighted by molar-refractivity contribution is -0.123. The van der Waals surface area contributed by atoms with Crippen molar-refractivity contribution >= 4 is 12.3 Å². The fourth-order valence-corrected chi connectivity index (χ4v) is 2.04. The Morgan fingerprint density at radius 3 is 2.79 bits per heavy atom. The molecule has 0 saturated carbocycles. The summed E-state index contributed by atoms with van der Waals surface area (Å²) in [6.45, 7) is 4.34. The minimum absolute atomic E-state index is 0.0224. The summed E-state index contributed by atoms with van der Waals surface area (Å²) in [5, 5.41) is 2.82. The van der Waals surface area contributed by atoms with Crippen molar-refractivity contribution in [2.45, 2.75) is 13.0 Å². The Morgan fingerprint density at radius 2 is 2.16 bits per heavy atom. The molecule has 6 heteroatoms. The molecule has 1 N–H and O–H groups in total. The lowest BCUT2D eigenvalue weighted by Gasteiger charge is -2.32. The minimum Gasteiger partial charge on any atom is -0.467 e. The van der Waals surface area contributed by atoms with Gasteiger partial charge in [-0.3, -0.25) is 14.5 Å². The molecule has 2 heterocycles. The fraction of sp³-hybridized carbons (Fsp3) is 0.538. The average Bonchev–Trinajstić information content (AvgIpc) is 2.96. The zero-order valence-corrected chi connectivity index (χ0v) is 10.9. The lowest BCUT2D eigenvalue weighted by atomic mass is 10.3. The van der Waals surface area contributed by atoms with Crippen LogP contribution in [0.1, 0.15) is 12.2 Å². The molecule has 1 aromatic rings. The Kier molecular flexibility index (Phi) is 4.97. The van der Waals surface area contributed by atoms with Gasteiger partial charge >= 0.3 is 0 Å². The van der Waals surface area contributed by atoms with Crippen molar-refractivity contribution in [3.05, 3.63) is 24.2 Å². The summed E-state index contributed by atoms with van der Waals surface area (Å²) in [5.74, 6) is 0.780. The fourth-order valence-electron chi connectivity index (χ4n) is 2.04. The molecule has 0 radical (unpaired) electrons. The van der Waals surface area contributed by atoms with E-state index < -0.39 is 0 Å². The molecule has 1 fully saturated rings. The summed E-state index contributed by atoms with van der Waals surface area (Å²) in [6.07, 6.45) is 2.95. The van der Waals surface area contributed by atoms with E-state index in [0.717, 1.165) is 44.9 Å². The highest BCUT2D eigenvalue weighted by Gasteiger charge is 2.15. The number of amides is 2. The minimum atomic E-state index is 0.0224. The van der Waals surface area contributed by atoms with Crippen LogP contribution < -0.4 is 5.32 Å². The third-order valence-electron chi connectivity index (χ3n) is 3.25. The lowest BCUT2D eigenvalue weighted by Crippen LogP contribution is -2.46. The van der Waals surface area contributed by atoms with Crippen molar-refractivity contribution in [2.75, 3.05) is 32.7 Å². The van der Waals surface area contributed by atoms with Crippen molar-refractivity contribution in [2.24, 2.45) is 0 Å². The molecular formula is C13H19N3O3. The van der Waals surface area contributed by atoms with Gasteiger partial charge in [-0.15, -0.1) is 0 Å². The first-order chi connectivity index (χ1) is 9.28. The molecule has 0 atom stereocenters. The number of carbonyl (C=O) groups excluding carboxylic acids is 2. The van der Waals surface area contributed by atoms with Gasteiger partial charge in [0.15, 0.2) is 0 Å². The van der Waals surface area contributed by atoms with Crippen molar-refractivity contribution in [1.29, 1.82) is 0 Å². The molecule has 0 bridgehead atoms. The second-order valence-electron chi connectivity index (χ2n) is 4.59. The number of piperazine rings is 1. The van der Waals surface area contributed by atoms with Crippen molar-refractivity contribution in [3.8, 4) is 0 Å². The molecule has 19 heavy (non-hydrogen) atoms. The molecule has 1 saturated heterocycles. The maximum Gasteiger partial charge on any atom is 0.221 e. The normalized spacial score (nSPS) is 16.3. The van der Waals surface area contributed by atoms with Crippen LogP contribution in [0.25, 0.3) is 0 Å². The predicted octanol–water partition coefficient (Wildman–Crippen LogP) is 0.0599. The standard InChI is InChI=1S/C13H19N3O3/c17-11-16-7-5-15(6-8-16)4-3-13(18)14-10-12-2-1-9-19-12/h1-2,9,11H,3-8,10H2,(H,14,18). The van der Waals surface area contributed by atoms with Gasteiger partial charge in [-0.25, -0.2) is 0 Å². The Balaban J connectivity index is 1.60. The van der Waals surface area contributed by atoms with Crippen LogP contribution in [0.3, 0.4) is 0 Å². The second kappa shape index (κ2) is 6.94. The first-order valence-electron chi connectivity index (χ1n) is 6.48. The van der Waals surface area contributed by atoms with Crippen LogP contribution in [0.4, 0.5) is 0 Å². The maximum atomic E-state index is 11.7. The number of hydrogen-bond acceptors (Lipinski definition) is 4. The number of furan rings is 1. The van der Waals surface area contributed by atoms with Gasteiger partial charge in [0.25, 0.3) is 0 Å². The Bertz CT molecular complexity index is 397. The molecule has 1 aliphatic rings. The van der Waals surface area contributed by atoms with Crippen LogP contribution in [0.2, 0.25) is 0 Å². The molecule has 0 aliphatic carbocycles. The molecular weight excluding hydrogens is 246 g/mol. The third-order valence-corrected chi connectivity index (χ3v) is 3.25. The maximum absolute atomic E-state index is 11.7. The van der Waals surface area contributed by atoms with E-state index in [1.54, 1.807) is 17.2 Å². The summed E-state index contributed by atoms with van der Waals surface area (Å²) in [4.78, 5) is 26.2. The Morgan fingerprint density at radius 1 is 1.37 bits per heavy atom. The van der Waals surface area contributed by atoms with Crippen LogP contribution in [0.15, 0.2) is 22.8 Å². The Labute approximate surface area is 112 Å². The van der Waals surface area contributed by atoms with Gasteiger partial charge in [0.2, 0.25) is 12.3 Å². The van der Waals surface area contributed by atoms with Crippen LogP contribution in [0, 0.1) is 0 Å². The van der Waals surface area contributed by atoms with E-state index >= 15 is 0 Å². The monoisotopic (exact) mass is 265 g/mol. The van der Waals surface area contributed by atoms with Crippen LogP contribution >= 0.6 is 0 Å². The number of nitrogens with one attached hydrogen (secondary N) is 1. The quantitative estimate of drug-likeness (QED) is 0.739. The van der Waals surface area contributed by atoms with Gasteiger partial charge < -0.3 is 14.6 Å². The summed E-state index contributed by atoms with van der Waals surface area (Å²) >= 11 is 0. The second-order valence-corrected chi connectivity index (χ2v) is 4.59. The first kappa shape index (κ1) is 13.6. The van der Waals surface area contributed by atoms with Gasteiger partial charge in [-0.1, -0.05) is 0 Å². The highest BCUT2D eigenvalue weighted by atomic mass is 16.3. The van der Waals surface area contributed by atoms with E-state index in [-0.39, 0.29) is 5.91 Å². The predicted molar refractivity (Wildman–Crippen MR) is 69.2 cm³/mol. The van der Waals surface area contributed by atoms with Crippen molar-refractivity contribution in [3.63, 3.8) is 0 Å². The van der Waals surface area contributed by atoms with Gasteiger partial charge in [0.1, 0.15) is 5.76 Å². The van der Waals surface area contributed by atoms with Crippen LogP contribution in [-0.2, 0) is 16.1 Å². The number of carbonyl (C=O) groups is 2. The molecule has 104 valence electrons. The van der Waals surface area contributed by atoms with E-state index in [1.807, 2.05) is 6.07 Å². The van der Waals surface area contributed by atoms with Crippen molar-refractivity contribution in [1.82, 2.24) is 15.1 Å². The van der Waals surface area contributed by atoms with E-state index in [1.165, 1.54) is 0 Å². The van der Waals surface area contributed by atoms with Gasteiger partial charge in [0.05, 0.1) is 12.8 Å². The molecule has 1 aliphatic heterocycles. The molecule has 2 rings (SSSR count). The zero-order valence-electron chi connectivity index (χ0n) is 10.9. The molecule has 1 aromatic heterocycles. The number of rotatable bonds is 6. The zero-order chi connectivity index (χ0) is 13.5. The topological polar surface area (TPSA) is 65.8 Å². The van der Waals surface area contributed by atoms with Crippen LogP contribution in [-0.4, -0.2) is 54.8 Å². The van der Waals surface area contributed by atoms with Crippen LogP contribution in [0.5, 0.6) is 0 Å². The molecule has 2 amide bonds. The largest absolute Gasteiger partial charge is 0.467 e. The number of hydrogen-bond donors (Lipinski definition) is 1. The summed E-state index contributed by atoms with van der Waals surface area (Å²) in [7, 11) is 0. The summed E-state index contributed by atoms with van der Waals surface area (Å²) in [6, 6.07) is 3.63. The Hall–Kier alpha value is -1.82. The van der Waals surface area contributed by atoms with E-state index in [2.05, 4.69) is 10.2 Å². The average molecular weight is 265 g/mol. The van der Waals surface area contributed by atoms with E-state index in [9.17, 15) is 9.59 Å². The third kappa shape index (κ3) is 4.40. The molecule has 6 nitrogen and oxygen atoms in total. The molecule has 0 aromatic carbocycles. The van der Waals surface area contributed by atoms with Gasteiger partial charge in [-0.2, -0.15) is 0 Å². The smallest absolute Gasteiger partial charge is 0.221 e.